The van der Waals surface area contributed by atoms with Crippen molar-refractivity contribution in [1.29, 1.82) is 0 Å². The van der Waals surface area contributed by atoms with Gasteiger partial charge in [0.25, 0.3) is 0 Å². The van der Waals surface area contributed by atoms with E-state index < -0.39 is 0 Å². The number of phenols is 1. The van der Waals surface area contributed by atoms with Crippen LogP contribution in [0.3, 0.4) is 0 Å². The summed E-state index contributed by atoms with van der Waals surface area (Å²) in [5.74, 6) is 0.0510. The lowest BCUT2D eigenvalue weighted by Crippen LogP contribution is -2.02. The standard InChI is InChI=1S/C13H12Cl2N2O/c1-8-2-3-16-7-12(8)17-6-9-4-10(14)5-11(15)13(9)18/h2-5,7,17-18H,6H2,1H3. The van der Waals surface area contributed by atoms with Gasteiger partial charge < -0.3 is 10.4 Å². The Bertz CT molecular complexity index is 573. The zero-order valence-corrected chi connectivity index (χ0v) is 11.3. The number of halogens is 2. The fraction of sp³-hybridized carbons (Fsp3) is 0.154. The number of rotatable bonds is 3. The Morgan fingerprint density at radius 2 is 2.11 bits per heavy atom. The fourth-order valence-electron chi connectivity index (χ4n) is 1.59. The van der Waals surface area contributed by atoms with Crippen molar-refractivity contribution in [3.63, 3.8) is 0 Å². The van der Waals surface area contributed by atoms with E-state index in [2.05, 4.69) is 10.3 Å². The van der Waals surface area contributed by atoms with Gasteiger partial charge >= 0.3 is 0 Å². The van der Waals surface area contributed by atoms with Gasteiger partial charge in [0.05, 0.1) is 16.9 Å². The number of phenolic OH excluding ortho intramolecular Hbond substituents is 1. The Morgan fingerprint density at radius 3 is 2.83 bits per heavy atom. The van der Waals surface area contributed by atoms with Crippen molar-refractivity contribution >= 4 is 28.9 Å². The predicted octanol–water partition coefficient (Wildman–Crippen LogP) is 4.01. The van der Waals surface area contributed by atoms with Crippen LogP contribution >= 0.6 is 23.2 Å². The molecule has 94 valence electrons. The molecule has 0 amide bonds. The van der Waals surface area contributed by atoms with Crippen LogP contribution in [-0.4, -0.2) is 10.1 Å². The molecule has 2 rings (SSSR count). The van der Waals surface area contributed by atoms with Crippen molar-refractivity contribution in [3.8, 4) is 5.75 Å². The van der Waals surface area contributed by atoms with Gasteiger partial charge in [-0.3, -0.25) is 4.98 Å². The highest BCUT2D eigenvalue weighted by Crippen LogP contribution is 2.31. The molecule has 1 aromatic carbocycles. The minimum atomic E-state index is 0.0510. The number of hydrogen-bond donors (Lipinski definition) is 2. The molecule has 0 aliphatic heterocycles. The highest BCUT2D eigenvalue weighted by molar-refractivity contribution is 6.35. The van der Waals surface area contributed by atoms with Crippen LogP contribution in [0.4, 0.5) is 5.69 Å². The van der Waals surface area contributed by atoms with Crippen molar-refractivity contribution in [1.82, 2.24) is 4.98 Å². The third-order valence-electron chi connectivity index (χ3n) is 2.62. The first-order chi connectivity index (χ1) is 8.58. The minimum absolute atomic E-state index is 0.0510. The molecule has 0 aliphatic rings. The largest absolute Gasteiger partial charge is 0.506 e. The second kappa shape index (κ2) is 5.46. The number of aromatic nitrogens is 1. The molecule has 3 nitrogen and oxygen atoms in total. The molecule has 1 aromatic heterocycles. The lowest BCUT2D eigenvalue weighted by Gasteiger charge is -2.11. The average molecular weight is 283 g/mol. The number of aromatic hydroxyl groups is 1. The molecule has 0 saturated carbocycles. The number of nitrogens with zero attached hydrogens (tertiary/aromatic N) is 1. The molecule has 18 heavy (non-hydrogen) atoms. The lowest BCUT2D eigenvalue weighted by molar-refractivity contribution is 0.469. The van der Waals surface area contributed by atoms with Crippen LogP contribution in [0.1, 0.15) is 11.1 Å². The van der Waals surface area contributed by atoms with Crippen LogP contribution in [0.5, 0.6) is 5.75 Å². The topological polar surface area (TPSA) is 45.2 Å². The van der Waals surface area contributed by atoms with E-state index in [0.717, 1.165) is 11.3 Å². The zero-order valence-electron chi connectivity index (χ0n) is 9.74. The molecule has 2 N–H and O–H groups in total. The summed E-state index contributed by atoms with van der Waals surface area (Å²) in [6.45, 7) is 2.41. The smallest absolute Gasteiger partial charge is 0.139 e. The van der Waals surface area contributed by atoms with E-state index in [1.807, 2.05) is 13.0 Å². The first kappa shape index (κ1) is 13.0. The number of nitrogens with one attached hydrogen (secondary N) is 1. The summed E-state index contributed by atoms with van der Waals surface area (Å²) in [5, 5.41) is 13.8. The second-order valence-corrected chi connectivity index (χ2v) is 4.78. The summed E-state index contributed by atoms with van der Waals surface area (Å²) in [7, 11) is 0. The summed E-state index contributed by atoms with van der Waals surface area (Å²) in [6, 6.07) is 5.10. The quantitative estimate of drug-likeness (QED) is 0.894. The van der Waals surface area contributed by atoms with E-state index in [1.54, 1.807) is 18.5 Å². The molecule has 2 aromatic rings. The third kappa shape index (κ3) is 2.86. The Balaban J connectivity index is 2.18. The van der Waals surface area contributed by atoms with Crippen molar-refractivity contribution in [3.05, 3.63) is 51.8 Å². The first-order valence-electron chi connectivity index (χ1n) is 5.39. The number of aryl methyl sites for hydroxylation is 1. The summed E-state index contributed by atoms with van der Waals surface area (Å²) >= 11 is 11.8. The SMILES string of the molecule is Cc1ccncc1NCc1cc(Cl)cc(Cl)c1O. The predicted molar refractivity (Wildman–Crippen MR) is 74.4 cm³/mol. The van der Waals surface area contributed by atoms with Crippen molar-refractivity contribution in [2.45, 2.75) is 13.5 Å². The van der Waals surface area contributed by atoms with Gasteiger partial charge in [0.1, 0.15) is 5.75 Å². The monoisotopic (exact) mass is 282 g/mol. The number of benzene rings is 1. The molecule has 0 atom stereocenters. The first-order valence-corrected chi connectivity index (χ1v) is 6.15. The number of pyridine rings is 1. The van der Waals surface area contributed by atoms with Crippen molar-refractivity contribution in [2.75, 3.05) is 5.32 Å². The van der Waals surface area contributed by atoms with Gasteiger partial charge in [-0.25, -0.2) is 0 Å². The molecule has 0 aliphatic carbocycles. The van der Waals surface area contributed by atoms with Crippen LogP contribution in [-0.2, 0) is 6.54 Å². The normalized spacial score (nSPS) is 10.4. The van der Waals surface area contributed by atoms with Crippen LogP contribution in [0.15, 0.2) is 30.6 Å². The molecule has 1 heterocycles. The van der Waals surface area contributed by atoms with E-state index >= 15 is 0 Å². The van der Waals surface area contributed by atoms with Gasteiger partial charge in [-0.05, 0) is 30.7 Å². The van der Waals surface area contributed by atoms with E-state index in [9.17, 15) is 5.11 Å². The molecule has 0 fully saturated rings. The highest BCUT2D eigenvalue weighted by Gasteiger charge is 2.08. The fourth-order valence-corrected chi connectivity index (χ4v) is 2.13. The summed E-state index contributed by atoms with van der Waals surface area (Å²) in [5.41, 5.74) is 2.64. The van der Waals surface area contributed by atoms with Crippen molar-refractivity contribution in [2.24, 2.45) is 0 Å². The van der Waals surface area contributed by atoms with Gasteiger partial charge in [-0.2, -0.15) is 0 Å². The maximum atomic E-state index is 9.82. The molecule has 0 radical (unpaired) electrons. The molecular formula is C13H12Cl2N2O. The number of anilines is 1. The minimum Gasteiger partial charge on any atom is -0.506 e. The van der Waals surface area contributed by atoms with Gasteiger partial charge in [0.15, 0.2) is 0 Å². The van der Waals surface area contributed by atoms with Crippen LogP contribution < -0.4 is 5.32 Å². The Kier molecular flexibility index (Phi) is 3.94. The summed E-state index contributed by atoms with van der Waals surface area (Å²) < 4.78 is 0. The molecule has 0 bridgehead atoms. The van der Waals surface area contributed by atoms with Crippen LogP contribution in [0.2, 0.25) is 10.0 Å². The van der Waals surface area contributed by atoms with E-state index in [-0.39, 0.29) is 10.8 Å². The van der Waals surface area contributed by atoms with E-state index in [0.29, 0.717) is 17.1 Å². The van der Waals surface area contributed by atoms with Crippen LogP contribution in [0, 0.1) is 6.92 Å². The molecule has 0 unspecified atom stereocenters. The van der Waals surface area contributed by atoms with Gasteiger partial charge in [-0.15, -0.1) is 0 Å². The maximum absolute atomic E-state index is 9.82. The Morgan fingerprint density at radius 1 is 1.33 bits per heavy atom. The summed E-state index contributed by atoms with van der Waals surface area (Å²) in [6.07, 6.45) is 3.47. The van der Waals surface area contributed by atoms with E-state index in [1.165, 1.54) is 6.07 Å². The molecular weight excluding hydrogens is 271 g/mol. The Labute approximate surface area is 115 Å². The van der Waals surface area contributed by atoms with Gasteiger partial charge in [-0.1, -0.05) is 23.2 Å². The highest BCUT2D eigenvalue weighted by atomic mass is 35.5. The van der Waals surface area contributed by atoms with Gasteiger partial charge in [0, 0.05) is 23.3 Å². The molecule has 0 spiro atoms. The number of hydrogen-bond acceptors (Lipinski definition) is 3. The third-order valence-corrected chi connectivity index (χ3v) is 3.12. The van der Waals surface area contributed by atoms with Gasteiger partial charge in [0.2, 0.25) is 0 Å². The van der Waals surface area contributed by atoms with E-state index in [4.69, 9.17) is 23.2 Å². The molecule has 0 saturated heterocycles. The average Bonchev–Trinajstić information content (AvgIpc) is 2.33. The summed E-state index contributed by atoms with van der Waals surface area (Å²) in [4.78, 5) is 4.04. The zero-order chi connectivity index (χ0) is 13.1. The van der Waals surface area contributed by atoms with Crippen LogP contribution in [0.25, 0.3) is 0 Å². The lowest BCUT2D eigenvalue weighted by atomic mass is 10.2. The maximum Gasteiger partial charge on any atom is 0.139 e. The molecule has 5 heteroatoms. The Hall–Kier alpha value is -1.45. The van der Waals surface area contributed by atoms with Crippen molar-refractivity contribution < 1.29 is 5.11 Å². The second-order valence-electron chi connectivity index (χ2n) is 3.94.